The van der Waals surface area contributed by atoms with Gasteiger partial charge in [0.1, 0.15) is 18.1 Å². The van der Waals surface area contributed by atoms with Gasteiger partial charge in [0.05, 0.1) is 7.11 Å². The van der Waals surface area contributed by atoms with Crippen LogP contribution in [0.2, 0.25) is 0 Å². The van der Waals surface area contributed by atoms with Crippen LogP contribution in [-0.4, -0.2) is 40.2 Å². The highest BCUT2D eigenvalue weighted by Gasteiger charge is 2.49. The Morgan fingerprint density at radius 1 is 1.40 bits per heavy atom. The summed E-state index contributed by atoms with van der Waals surface area (Å²) in [4.78, 5) is 29.1. The molecule has 0 heterocycles. The Morgan fingerprint density at radius 3 is 2.40 bits per heavy atom. The number of esters is 1. The first-order valence-corrected chi connectivity index (χ1v) is 6.83. The number of ether oxygens (including phenoxy) is 2. The Kier molecular flexibility index (Phi) is 5.21. The van der Waals surface area contributed by atoms with E-state index in [9.17, 15) is 18.9 Å². The Balaban J connectivity index is 2.91. The minimum Gasteiger partial charge on any atom is -0.468 e. The van der Waals surface area contributed by atoms with Gasteiger partial charge in [-0.2, -0.15) is 0 Å². The number of nitrogens with one attached hydrogen (secondary N) is 1. The van der Waals surface area contributed by atoms with Crippen LogP contribution in [0.5, 0.6) is 5.75 Å². The smallest absolute Gasteiger partial charge is 0.414 e. The lowest BCUT2D eigenvalue weighted by Crippen LogP contribution is -2.51. The Morgan fingerprint density at radius 2 is 1.95 bits per heavy atom. The second-order valence-electron chi connectivity index (χ2n) is 3.64. The molecule has 1 aromatic rings. The zero-order valence-electron chi connectivity index (χ0n) is 10.3. The summed E-state index contributed by atoms with van der Waals surface area (Å²) in [6.45, 7) is -0.709. The van der Waals surface area contributed by atoms with Gasteiger partial charge in [0, 0.05) is 0 Å². The summed E-state index contributed by atoms with van der Waals surface area (Å²) >= 11 is 0. The Hall–Kier alpha value is -1.51. The van der Waals surface area contributed by atoms with Gasteiger partial charge in [-0.1, -0.05) is 0 Å². The van der Waals surface area contributed by atoms with E-state index < -0.39 is 31.6 Å². The van der Waals surface area contributed by atoms with Crippen LogP contribution < -0.4 is 10.1 Å². The second kappa shape index (κ2) is 6.29. The number of hydrogen-bond donors (Lipinski definition) is 4. The monoisotopic (exact) mass is 309 g/mol. The highest BCUT2D eigenvalue weighted by Crippen LogP contribution is 2.47. The quantitative estimate of drug-likeness (QED) is 0.322. The zero-order valence-corrected chi connectivity index (χ0v) is 11.2. The van der Waals surface area contributed by atoms with Gasteiger partial charge in [-0.25, -0.2) is 9.71 Å². The molecule has 0 aliphatic carbocycles. The maximum Gasteiger partial charge on any atom is 0.414 e. The average Bonchev–Trinajstić information content (AvgIpc) is 2.37. The van der Waals surface area contributed by atoms with Crippen molar-refractivity contribution >= 4 is 13.6 Å². The first-order chi connectivity index (χ1) is 9.18. The van der Waals surface area contributed by atoms with Crippen LogP contribution in [0, 0.1) is 5.82 Å². The van der Waals surface area contributed by atoms with Crippen molar-refractivity contribution in [3.8, 4) is 5.75 Å². The van der Waals surface area contributed by atoms with Crippen LogP contribution in [0.3, 0.4) is 0 Å². The number of benzene rings is 1. The molecular weight excluding hydrogens is 296 g/mol. The molecule has 0 aliphatic rings. The van der Waals surface area contributed by atoms with Gasteiger partial charge in [0.15, 0.2) is 0 Å². The third-order valence-corrected chi connectivity index (χ3v) is 3.20. The highest BCUT2D eigenvalue weighted by atomic mass is 31.2. The van der Waals surface area contributed by atoms with Crippen LogP contribution in [0.25, 0.3) is 0 Å². The second-order valence-corrected chi connectivity index (χ2v) is 5.33. The summed E-state index contributed by atoms with van der Waals surface area (Å²) in [7, 11) is -4.15. The highest BCUT2D eigenvalue weighted by molar-refractivity contribution is 7.53. The predicted molar refractivity (Wildman–Crippen MR) is 64.0 cm³/mol. The summed E-state index contributed by atoms with van der Waals surface area (Å²) in [5.74, 6) is -1.69. The number of halogens is 1. The van der Waals surface area contributed by atoms with E-state index in [2.05, 4.69) is 4.74 Å². The molecule has 1 aromatic carbocycles. The summed E-state index contributed by atoms with van der Waals surface area (Å²) in [5.41, 5.74) is -3.14. The van der Waals surface area contributed by atoms with E-state index >= 15 is 0 Å². The van der Waals surface area contributed by atoms with Gasteiger partial charge >= 0.3 is 19.2 Å². The number of carbonyl (C=O) groups excluding carboxylic acids is 1. The van der Waals surface area contributed by atoms with E-state index in [0.29, 0.717) is 0 Å². The van der Waals surface area contributed by atoms with Gasteiger partial charge in [0.2, 0.25) is 0 Å². The molecule has 0 aromatic heterocycles. The van der Waals surface area contributed by atoms with E-state index in [1.165, 1.54) is 0 Å². The minimum absolute atomic E-state index is 0.213. The lowest BCUT2D eigenvalue weighted by molar-refractivity contribution is -0.146. The standard InChI is InChI=1S/C10H13FNO7P/c1-18-9(13)6-12-10(14,20(15,16)17)19-8-4-2-7(11)3-5-8/h2-5,12,14H,6H2,1H3,(H2,15,16,17). The van der Waals surface area contributed by atoms with Gasteiger partial charge in [-0.15, -0.1) is 0 Å². The molecule has 0 amide bonds. The van der Waals surface area contributed by atoms with E-state index in [1.807, 2.05) is 5.32 Å². The number of rotatable bonds is 6. The lowest BCUT2D eigenvalue weighted by atomic mass is 10.3. The van der Waals surface area contributed by atoms with Crippen LogP contribution in [0.15, 0.2) is 24.3 Å². The molecule has 112 valence electrons. The van der Waals surface area contributed by atoms with Crippen molar-refractivity contribution in [2.75, 3.05) is 13.7 Å². The van der Waals surface area contributed by atoms with Crippen LogP contribution in [0.1, 0.15) is 0 Å². The first kappa shape index (κ1) is 16.5. The van der Waals surface area contributed by atoms with Crippen molar-refractivity contribution in [1.82, 2.24) is 5.32 Å². The van der Waals surface area contributed by atoms with Gasteiger partial charge in [0.25, 0.3) is 0 Å². The van der Waals surface area contributed by atoms with Crippen molar-refractivity contribution < 1.29 is 38.1 Å². The molecule has 0 aliphatic heterocycles. The van der Waals surface area contributed by atoms with Crippen molar-refractivity contribution in [2.45, 2.75) is 5.65 Å². The zero-order chi connectivity index (χ0) is 15.4. The van der Waals surface area contributed by atoms with Crippen molar-refractivity contribution in [2.24, 2.45) is 0 Å². The molecule has 1 rings (SSSR count). The van der Waals surface area contributed by atoms with Crippen LogP contribution >= 0.6 is 7.60 Å². The molecular formula is C10H13FNO7P. The SMILES string of the molecule is COC(=O)CNC(O)(Oc1ccc(F)cc1)P(=O)(O)O. The molecule has 20 heavy (non-hydrogen) atoms. The summed E-state index contributed by atoms with van der Waals surface area (Å²) < 4.78 is 32.9. The fourth-order valence-corrected chi connectivity index (χ4v) is 1.63. The topological polar surface area (TPSA) is 125 Å². The predicted octanol–water partition coefficient (Wildman–Crippen LogP) is -0.252. The third-order valence-electron chi connectivity index (χ3n) is 2.16. The Labute approximate surface area is 113 Å². The molecule has 4 N–H and O–H groups in total. The van der Waals surface area contributed by atoms with E-state index in [1.54, 1.807) is 0 Å². The van der Waals surface area contributed by atoms with Crippen molar-refractivity contribution in [1.29, 1.82) is 0 Å². The first-order valence-electron chi connectivity index (χ1n) is 5.22. The molecule has 8 nitrogen and oxygen atoms in total. The molecule has 0 radical (unpaired) electrons. The number of hydrogen-bond acceptors (Lipinski definition) is 6. The fraction of sp³-hybridized carbons (Fsp3) is 0.300. The molecule has 0 spiro atoms. The lowest BCUT2D eigenvalue weighted by Gasteiger charge is -2.29. The summed E-state index contributed by atoms with van der Waals surface area (Å²) in [6.07, 6.45) is 0. The van der Waals surface area contributed by atoms with Crippen molar-refractivity contribution in [3.63, 3.8) is 0 Å². The van der Waals surface area contributed by atoms with E-state index in [-0.39, 0.29) is 5.75 Å². The molecule has 0 fully saturated rings. The summed E-state index contributed by atoms with van der Waals surface area (Å²) in [6, 6.07) is 4.04. The number of methoxy groups -OCH3 is 1. The van der Waals surface area contributed by atoms with E-state index in [4.69, 9.17) is 14.5 Å². The largest absolute Gasteiger partial charge is 0.468 e. The van der Waals surface area contributed by atoms with Crippen LogP contribution in [0.4, 0.5) is 4.39 Å². The average molecular weight is 309 g/mol. The van der Waals surface area contributed by atoms with Gasteiger partial charge in [-0.05, 0) is 24.3 Å². The maximum absolute atomic E-state index is 12.7. The number of carbonyl (C=O) groups is 1. The molecule has 1 unspecified atom stereocenters. The molecule has 0 saturated heterocycles. The molecule has 10 heteroatoms. The minimum atomic E-state index is -5.21. The number of aliphatic hydroxyl groups is 1. The van der Waals surface area contributed by atoms with E-state index in [0.717, 1.165) is 31.4 Å². The maximum atomic E-state index is 12.7. The van der Waals surface area contributed by atoms with Crippen LogP contribution in [-0.2, 0) is 14.1 Å². The summed E-state index contributed by atoms with van der Waals surface area (Å²) in [5, 5.41) is 11.7. The van der Waals surface area contributed by atoms with Gasteiger partial charge in [-0.3, -0.25) is 9.36 Å². The fourth-order valence-electron chi connectivity index (χ4n) is 1.12. The third kappa shape index (κ3) is 4.26. The normalized spacial score (nSPS) is 14.4. The Bertz CT molecular complexity index is 517. The molecule has 1 atom stereocenters. The molecule has 0 bridgehead atoms. The van der Waals surface area contributed by atoms with Gasteiger partial charge < -0.3 is 24.4 Å². The van der Waals surface area contributed by atoms with Crippen molar-refractivity contribution in [3.05, 3.63) is 30.1 Å². The molecule has 0 saturated carbocycles.